The van der Waals surface area contributed by atoms with Gasteiger partial charge in [0.1, 0.15) is 5.75 Å². The van der Waals surface area contributed by atoms with E-state index in [0.29, 0.717) is 11.3 Å². The SMILES string of the molecule is NC(=O)Oc1ccc(C2NN(N)C(=O)c3ccccc32)cc1. The Morgan fingerprint density at radius 2 is 1.82 bits per heavy atom. The molecule has 7 nitrogen and oxygen atoms in total. The molecule has 1 aliphatic rings. The van der Waals surface area contributed by atoms with Gasteiger partial charge in [-0.15, -0.1) is 0 Å². The topological polar surface area (TPSA) is 111 Å². The van der Waals surface area contributed by atoms with Gasteiger partial charge in [-0.1, -0.05) is 30.3 Å². The lowest BCUT2D eigenvalue weighted by Crippen LogP contribution is -2.53. The number of hydrogen-bond donors (Lipinski definition) is 3. The van der Waals surface area contributed by atoms with Crippen LogP contribution in [-0.4, -0.2) is 17.1 Å². The molecule has 2 amide bonds. The molecular formula is C15H14N4O3. The summed E-state index contributed by atoms with van der Waals surface area (Å²) in [6.07, 6.45) is -0.868. The van der Waals surface area contributed by atoms with E-state index in [1.54, 1.807) is 36.4 Å². The summed E-state index contributed by atoms with van der Waals surface area (Å²) in [5.41, 5.74) is 10.1. The number of carbonyl (C=O) groups is 2. The highest BCUT2D eigenvalue weighted by atomic mass is 16.5. The Morgan fingerprint density at radius 1 is 1.14 bits per heavy atom. The third kappa shape index (κ3) is 2.50. The van der Waals surface area contributed by atoms with E-state index < -0.39 is 6.09 Å². The molecule has 3 rings (SSSR count). The highest BCUT2D eigenvalue weighted by Crippen LogP contribution is 2.30. The number of primary amides is 1. The van der Waals surface area contributed by atoms with Gasteiger partial charge < -0.3 is 10.5 Å². The Bertz CT molecular complexity index is 730. The van der Waals surface area contributed by atoms with Crippen molar-refractivity contribution in [1.29, 1.82) is 0 Å². The fraction of sp³-hybridized carbons (Fsp3) is 0.0667. The third-order valence-electron chi connectivity index (χ3n) is 3.42. The van der Waals surface area contributed by atoms with Crippen LogP contribution in [0.1, 0.15) is 27.5 Å². The number of amides is 2. The summed E-state index contributed by atoms with van der Waals surface area (Å²) in [6.45, 7) is 0. The van der Waals surface area contributed by atoms with Crippen LogP contribution in [0.25, 0.3) is 0 Å². The van der Waals surface area contributed by atoms with Gasteiger partial charge in [0.15, 0.2) is 0 Å². The Morgan fingerprint density at radius 3 is 2.50 bits per heavy atom. The van der Waals surface area contributed by atoms with E-state index in [9.17, 15) is 9.59 Å². The highest BCUT2D eigenvalue weighted by Gasteiger charge is 2.29. The molecule has 1 heterocycles. The minimum Gasteiger partial charge on any atom is -0.411 e. The maximum Gasteiger partial charge on any atom is 0.409 e. The van der Waals surface area contributed by atoms with Crippen molar-refractivity contribution in [1.82, 2.24) is 10.5 Å². The quantitative estimate of drug-likeness (QED) is 0.567. The first-order valence-electron chi connectivity index (χ1n) is 6.58. The molecule has 0 bridgehead atoms. The van der Waals surface area contributed by atoms with E-state index in [1.807, 2.05) is 12.1 Å². The van der Waals surface area contributed by atoms with Crippen LogP contribution in [0, 0.1) is 0 Å². The molecule has 1 aliphatic heterocycles. The predicted octanol–water partition coefficient (Wildman–Crippen LogP) is 1.07. The van der Waals surface area contributed by atoms with Gasteiger partial charge in [-0.05, 0) is 29.3 Å². The second kappa shape index (κ2) is 5.47. The number of carbonyl (C=O) groups excluding carboxylic acids is 2. The van der Waals surface area contributed by atoms with Crippen molar-refractivity contribution in [2.45, 2.75) is 6.04 Å². The Kier molecular flexibility index (Phi) is 3.50. The van der Waals surface area contributed by atoms with E-state index >= 15 is 0 Å². The molecule has 0 fully saturated rings. The Balaban J connectivity index is 1.96. The van der Waals surface area contributed by atoms with Crippen LogP contribution >= 0.6 is 0 Å². The first-order chi connectivity index (χ1) is 10.6. The van der Waals surface area contributed by atoms with Crippen molar-refractivity contribution >= 4 is 12.0 Å². The van der Waals surface area contributed by atoms with E-state index in [-0.39, 0.29) is 11.9 Å². The number of nitrogens with one attached hydrogen (secondary N) is 1. The Hall–Kier alpha value is -2.90. The molecule has 0 saturated carbocycles. The van der Waals surface area contributed by atoms with Crippen molar-refractivity contribution in [3.63, 3.8) is 0 Å². The molecule has 0 radical (unpaired) electrons. The van der Waals surface area contributed by atoms with Gasteiger partial charge in [-0.2, -0.15) is 0 Å². The molecule has 7 heteroatoms. The van der Waals surface area contributed by atoms with Crippen molar-refractivity contribution in [2.75, 3.05) is 0 Å². The maximum atomic E-state index is 12.0. The lowest BCUT2D eigenvalue weighted by Gasteiger charge is -2.32. The zero-order chi connectivity index (χ0) is 15.7. The Labute approximate surface area is 126 Å². The number of hydrazine groups is 2. The van der Waals surface area contributed by atoms with E-state index in [4.69, 9.17) is 16.3 Å². The third-order valence-corrected chi connectivity index (χ3v) is 3.42. The zero-order valence-corrected chi connectivity index (χ0v) is 11.5. The average molecular weight is 298 g/mol. The van der Waals surface area contributed by atoms with Gasteiger partial charge in [-0.3, -0.25) is 4.79 Å². The molecule has 112 valence electrons. The zero-order valence-electron chi connectivity index (χ0n) is 11.5. The second-order valence-electron chi connectivity index (χ2n) is 4.81. The lowest BCUT2D eigenvalue weighted by molar-refractivity contribution is 0.0596. The van der Waals surface area contributed by atoms with Gasteiger partial charge in [0.05, 0.1) is 6.04 Å². The van der Waals surface area contributed by atoms with Crippen LogP contribution in [0.4, 0.5) is 4.79 Å². The van der Waals surface area contributed by atoms with E-state index in [0.717, 1.165) is 16.2 Å². The van der Waals surface area contributed by atoms with Crippen LogP contribution in [0.3, 0.4) is 0 Å². The molecule has 2 aromatic rings. The van der Waals surface area contributed by atoms with Crippen molar-refractivity contribution in [3.8, 4) is 5.75 Å². The summed E-state index contributed by atoms with van der Waals surface area (Å²) in [5.74, 6) is 5.76. The molecule has 0 aromatic heterocycles. The van der Waals surface area contributed by atoms with Crippen molar-refractivity contribution in [2.24, 2.45) is 11.6 Å². The number of nitrogens with zero attached hydrogens (tertiary/aromatic N) is 1. The summed E-state index contributed by atoms with van der Waals surface area (Å²) in [7, 11) is 0. The first-order valence-corrected chi connectivity index (χ1v) is 6.58. The average Bonchev–Trinajstić information content (AvgIpc) is 2.51. The highest BCUT2D eigenvalue weighted by molar-refractivity contribution is 5.96. The number of fused-ring (bicyclic) bond motifs is 1. The maximum absolute atomic E-state index is 12.0. The minimum absolute atomic E-state index is 0.276. The van der Waals surface area contributed by atoms with Crippen LogP contribution in [-0.2, 0) is 0 Å². The molecular weight excluding hydrogens is 284 g/mol. The minimum atomic E-state index is -0.868. The number of nitrogens with two attached hydrogens (primary N) is 2. The monoisotopic (exact) mass is 298 g/mol. The molecule has 0 spiro atoms. The van der Waals surface area contributed by atoms with Gasteiger partial charge >= 0.3 is 6.09 Å². The number of benzene rings is 2. The van der Waals surface area contributed by atoms with E-state index in [2.05, 4.69) is 5.43 Å². The largest absolute Gasteiger partial charge is 0.411 e. The van der Waals surface area contributed by atoms with Gasteiger partial charge in [0.25, 0.3) is 5.91 Å². The van der Waals surface area contributed by atoms with Crippen LogP contribution in [0.5, 0.6) is 5.75 Å². The normalized spacial score (nSPS) is 17.0. The molecule has 0 aliphatic carbocycles. The van der Waals surface area contributed by atoms with Crippen LogP contribution in [0.2, 0.25) is 0 Å². The molecule has 0 saturated heterocycles. The molecule has 2 aromatic carbocycles. The van der Waals surface area contributed by atoms with Gasteiger partial charge in [-0.25, -0.2) is 21.2 Å². The van der Waals surface area contributed by atoms with Gasteiger partial charge in [0.2, 0.25) is 0 Å². The number of rotatable bonds is 2. The lowest BCUT2D eigenvalue weighted by atomic mass is 9.93. The predicted molar refractivity (Wildman–Crippen MR) is 78.4 cm³/mol. The first kappa shape index (κ1) is 14.1. The van der Waals surface area contributed by atoms with Crippen molar-refractivity contribution < 1.29 is 14.3 Å². The standard InChI is InChI=1S/C15H14N4O3/c16-15(21)22-10-7-5-9(6-8-10)13-11-3-1-2-4-12(11)14(20)19(17)18-13/h1-8,13,18H,17H2,(H2,16,21). The van der Waals surface area contributed by atoms with Crippen molar-refractivity contribution in [3.05, 3.63) is 65.2 Å². The molecule has 1 unspecified atom stereocenters. The summed E-state index contributed by atoms with van der Waals surface area (Å²) >= 11 is 0. The van der Waals surface area contributed by atoms with E-state index in [1.165, 1.54) is 0 Å². The summed E-state index contributed by atoms with van der Waals surface area (Å²) in [6, 6.07) is 13.8. The summed E-state index contributed by atoms with van der Waals surface area (Å²) < 4.78 is 4.79. The molecule has 22 heavy (non-hydrogen) atoms. The number of ether oxygens (including phenoxy) is 1. The second-order valence-corrected chi connectivity index (χ2v) is 4.81. The summed E-state index contributed by atoms with van der Waals surface area (Å²) in [5, 5.41) is 0.973. The summed E-state index contributed by atoms with van der Waals surface area (Å²) in [4.78, 5) is 22.8. The number of hydrogen-bond acceptors (Lipinski definition) is 5. The van der Waals surface area contributed by atoms with Crippen LogP contribution in [0.15, 0.2) is 48.5 Å². The van der Waals surface area contributed by atoms with Crippen LogP contribution < -0.4 is 21.7 Å². The fourth-order valence-electron chi connectivity index (χ4n) is 2.44. The fourth-order valence-corrected chi connectivity index (χ4v) is 2.44. The smallest absolute Gasteiger partial charge is 0.409 e. The molecule has 5 N–H and O–H groups in total. The molecule has 1 atom stereocenters. The van der Waals surface area contributed by atoms with Gasteiger partial charge in [0, 0.05) is 5.56 Å².